The minimum atomic E-state index is -0.0318. The summed E-state index contributed by atoms with van der Waals surface area (Å²) in [5.41, 5.74) is 1.54. The fourth-order valence-electron chi connectivity index (χ4n) is 4.57. The van der Waals surface area contributed by atoms with Gasteiger partial charge < -0.3 is 15.4 Å². The van der Waals surface area contributed by atoms with Crippen molar-refractivity contribution in [2.24, 2.45) is 11.3 Å². The highest BCUT2D eigenvalue weighted by molar-refractivity contribution is 5.75. The van der Waals surface area contributed by atoms with Gasteiger partial charge in [-0.1, -0.05) is 44.2 Å². The van der Waals surface area contributed by atoms with Gasteiger partial charge in [-0.25, -0.2) is 4.79 Å². The number of amides is 2. The van der Waals surface area contributed by atoms with Crippen LogP contribution in [0.15, 0.2) is 30.3 Å². The normalized spacial score (nSPS) is 32.5. The summed E-state index contributed by atoms with van der Waals surface area (Å²) >= 11 is 0. The number of ether oxygens (including phenoxy) is 1. The van der Waals surface area contributed by atoms with Crippen LogP contribution in [0.3, 0.4) is 0 Å². The first-order chi connectivity index (χ1) is 11.0. The maximum atomic E-state index is 12.4. The third-order valence-corrected chi connectivity index (χ3v) is 6.21. The Bertz CT molecular complexity index is 595. The number of carbonyl (C=O) groups excluding carboxylic acids is 1. The van der Waals surface area contributed by atoms with Crippen molar-refractivity contribution in [1.29, 1.82) is 0 Å². The molecule has 1 aliphatic heterocycles. The monoisotopic (exact) mass is 314 g/mol. The van der Waals surface area contributed by atoms with Gasteiger partial charge in [0, 0.05) is 35.9 Å². The quantitative estimate of drug-likeness (QED) is 0.898. The fourth-order valence-corrected chi connectivity index (χ4v) is 4.57. The van der Waals surface area contributed by atoms with Gasteiger partial charge in [0.1, 0.15) is 0 Å². The SMILES string of the molecule is CC1(C)[C@H](NC(=O)NCC2(c3ccccc3)CC2)[C@H]2CCO[C@H]21. The molecule has 1 heterocycles. The van der Waals surface area contributed by atoms with Crippen LogP contribution in [0, 0.1) is 11.3 Å². The lowest BCUT2D eigenvalue weighted by Crippen LogP contribution is -2.67. The van der Waals surface area contributed by atoms with Crippen LogP contribution in [0.4, 0.5) is 4.79 Å². The van der Waals surface area contributed by atoms with Gasteiger partial charge in [0.15, 0.2) is 0 Å². The van der Waals surface area contributed by atoms with E-state index in [0.717, 1.165) is 32.4 Å². The number of benzene rings is 1. The Morgan fingerprint density at radius 2 is 2.00 bits per heavy atom. The van der Waals surface area contributed by atoms with E-state index in [-0.39, 0.29) is 22.9 Å². The van der Waals surface area contributed by atoms with E-state index < -0.39 is 0 Å². The molecule has 1 aromatic carbocycles. The summed E-state index contributed by atoms with van der Waals surface area (Å²) in [4.78, 5) is 12.4. The smallest absolute Gasteiger partial charge is 0.315 e. The van der Waals surface area contributed by atoms with Crippen molar-refractivity contribution in [3.05, 3.63) is 35.9 Å². The van der Waals surface area contributed by atoms with E-state index in [4.69, 9.17) is 4.74 Å². The summed E-state index contributed by atoms with van der Waals surface area (Å²) in [5, 5.41) is 6.31. The predicted molar refractivity (Wildman–Crippen MR) is 89.3 cm³/mol. The summed E-state index contributed by atoms with van der Waals surface area (Å²) in [6.07, 6.45) is 3.69. The van der Waals surface area contributed by atoms with Gasteiger partial charge in [0.2, 0.25) is 0 Å². The van der Waals surface area contributed by atoms with Crippen molar-refractivity contribution in [3.8, 4) is 0 Å². The molecule has 3 aliphatic rings. The van der Waals surface area contributed by atoms with Gasteiger partial charge >= 0.3 is 6.03 Å². The lowest BCUT2D eigenvalue weighted by atomic mass is 9.57. The summed E-state index contributed by atoms with van der Waals surface area (Å²) in [5.74, 6) is 0.486. The summed E-state index contributed by atoms with van der Waals surface area (Å²) in [6.45, 7) is 5.93. The number of nitrogens with one attached hydrogen (secondary N) is 2. The van der Waals surface area contributed by atoms with E-state index in [2.05, 4.69) is 48.7 Å². The molecule has 23 heavy (non-hydrogen) atoms. The molecular formula is C19H26N2O2. The number of hydrogen-bond acceptors (Lipinski definition) is 2. The van der Waals surface area contributed by atoms with E-state index >= 15 is 0 Å². The minimum absolute atomic E-state index is 0.0318. The van der Waals surface area contributed by atoms with Crippen LogP contribution in [0.5, 0.6) is 0 Å². The number of rotatable bonds is 4. The summed E-state index contributed by atoms with van der Waals surface area (Å²) in [6, 6.07) is 10.7. The van der Waals surface area contributed by atoms with Crippen LogP contribution in [-0.2, 0) is 10.2 Å². The molecule has 0 radical (unpaired) electrons. The van der Waals surface area contributed by atoms with E-state index in [1.54, 1.807) is 0 Å². The average molecular weight is 314 g/mol. The average Bonchev–Trinajstić information content (AvgIpc) is 3.21. The van der Waals surface area contributed by atoms with E-state index in [0.29, 0.717) is 12.0 Å². The molecule has 0 unspecified atom stereocenters. The van der Waals surface area contributed by atoms with E-state index in [1.165, 1.54) is 5.56 Å². The molecule has 4 rings (SSSR count). The van der Waals surface area contributed by atoms with Gasteiger partial charge in [-0.3, -0.25) is 0 Å². The Labute approximate surface area is 138 Å². The highest BCUT2D eigenvalue weighted by atomic mass is 16.5. The zero-order valence-corrected chi connectivity index (χ0v) is 14.0. The molecular weight excluding hydrogens is 288 g/mol. The van der Waals surface area contributed by atoms with Gasteiger partial charge in [-0.15, -0.1) is 0 Å². The van der Waals surface area contributed by atoms with Crippen molar-refractivity contribution in [1.82, 2.24) is 10.6 Å². The predicted octanol–water partition coefficient (Wildman–Crippen LogP) is 2.83. The van der Waals surface area contributed by atoms with Crippen molar-refractivity contribution in [2.75, 3.05) is 13.2 Å². The number of hydrogen-bond donors (Lipinski definition) is 2. The number of urea groups is 1. The molecule has 1 saturated heterocycles. The van der Waals surface area contributed by atoms with Gasteiger partial charge in [0.05, 0.1) is 6.10 Å². The largest absolute Gasteiger partial charge is 0.377 e. The molecule has 4 nitrogen and oxygen atoms in total. The minimum Gasteiger partial charge on any atom is -0.377 e. The Kier molecular flexibility index (Phi) is 3.41. The highest BCUT2D eigenvalue weighted by Gasteiger charge is 2.59. The third kappa shape index (κ3) is 2.44. The molecule has 2 saturated carbocycles. The zero-order valence-electron chi connectivity index (χ0n) is 14.0. The van der Waals surface area contributed by atoms with Gasteiger partial charge in [-0.05, 0) is 24.8 Å². The molecule has 0 spiro atoms. The molecule has 1 aromatic rings. The number of carbonyl (C=O) groups is 1. The number of fused-ring (bicyclic) bond motifs is 1. The van der Waals surface area contributed by atoms with Crippen LogP contribution < -0.4 is 10.6 Å². The highest BCUT2D eigenvalue weighted by Crippen LogP contribution is 2.52. The molecule has 2 N–H and O–H groups in total. The molecule has 2 aliphatic carbocycles. The standard InChI is InChI=1S/C19H26N2O2/c1-18(2)15(14-8-11-23-16(14)18)21-17(22)20-12-19(9-10-19)13-6-4-3-5-7-13/h3-7,14-16H,8-12H2,1-2H3,(H2,20,21,22)/t14-,15-,16-/m1/s1. The van der Waals surface area contributed by atoms with E-state index in [9.17, 15) is 4.79 Å². The molecule has 0 aromatic heterocycles. The van der Waals surface area contributed by atoms with Crippen LogP contribution >= 0.6 is 0 Å². The second-order valence-corrected chi connectivity index (χ2v) is 8.02. The zero-order chi connectivity index (χ0) is 16.1. The van der Waals surface area contributed by atoms with Gasteiger partial charge in [0.25, 0.3) is 0 Å². The molecule has 4 heteroatoms. The molecule has 3 fully saturated rings. The first kappa shape index (κ1) is 15.0. The van der Waals surface area contributed by atoms with Crippen LogP contribution in [0.2, 0.25) is 0 Å². The van der Waals surface area contributed by atoms with Gasteiger partial charge in [-0.2, -0.15) is 0 Å². The third-order valence-electron chi connectivity index (χ3n) is 6.21. The van der Waals surface area contributed by atoms with E-state index in [1.807, 2.05) is 6.07 Å². The van der Waals surface area contributed by atoms with Crippen molar-refractivity contribution >= 4 is 6.03 Å². The first-order valence-corrected chi connectivity index (χ1v) is 8.74. The Balaban J connectivity index is 1.33. The lowest BCUT2D eigenvalue weighted by molar-refractivity contribution is -0.108. The van der Waals surface area contributed by atoms with Crippen LogP contribution in [0.1, 0.15) is 38.7 Å². The summed E-state index contributed by atoms with van der Waals surface area (Å²) in [7, 11) is 0. The molecule has 3 atom stereocenters. The second-order valence-electron chi connectivity index (χ2n) is 8.02. The van der Waals surface area contributed by atoms with Crippen LogP contribution in [-0.4, -0.2) is 31.3 Å². The maximum absolute atomic E-state index is 12.4. The topological polar surface area (TPSA) is 50.4 Å². The lowest BCUT2D eigenvalue weighted by Gasteiger charge is -2.54. The summed E-state index contributed by atoms with van der Waals surface area (Å²) < 4.78 is 5.79. The van der Waals surface area contributed by atoms with Crippen LogP contribution in [0.25, 0.3) is 0 Å². The first-order valence-electron chi connectivity index (χ1n) is 8.74. The maximum Gasteiger partial charge on any atom is 0.315 e. The van der Waals surface area contributed by atoms with Crippen molar-refractivity contribution < 1.29 is 9.53 Å². The van der Waals surface area contributed by atoms with Crippen molar-refractivity contribution in [3.63, 3.8) is 0 Å². The Hall–Kier alpha value is -1.55. The fraction of sp³-hybridized carbons (Fsp3) is 0.632. The Morgan fingerprint density at radius 1 is 1.26 bits per heavy atom. The molecule has 124 valence electrons. The molecule has 2 amide bonds. The molecule has 0 bridgehead atoms. The Morgan fingerprint density at radius 3 is 2.70 bits per heavy atom. The van der Waals surface area contributed by atoms with Crippen molar-refractivity contribution in [2.45, 2.75) is 50.7 Å². The second kappa shape index (κ2) is 5.23.